The van der Waals surface area contributed by atoms with Gasteiger partial charge in [-0.15, -0.1) is 0 Å². The molecule has 0 radical (unpaired) electrons. The molecule has 28 heavy (non-hydrogen) atoms. The lowest BCUT2D eigenvalue weighted by atomic mass is 9.98. The van der Waals surface area contributed by atoms with Gasteiger partial charge in [0.1, 0.15) is 17.4 Å². The van der Waals surface area contributed by atoms with Crippen LogP contribution in [-0.2, 0) is 20.9 Å². The van der Waals surface area contributed by atoms with Crippen molar-refractivity contribution in [2.45, 2.75) is 45.8 Å². The zero-order valence-electron chi connectivity index (χ0n) is 16.4. The molecule has 0 saturated carbocycles. The molecule has 6 nitrogen and oxygen atoms in total. The summed E-state index contributed by atoms with van der Waals surface area (Å²) in [5.74, 6) is -0.703. The number of halogens is 1. The first kappa shape index (κ1) is 20.4. The number of carbonyl (C=O) groups is 2. The van der Waals surface area contributed by atoms with E-state index >= 15 is 0 Å². The van der Waals surface area contributed by atoms with Crippen molar-refractivity contribution in [3.05, 3.63) is 41.0 Å². The van der Waals surface area contributed by atoms with E-state index in [2.05, 4.69) is 4.98 Å². The van der Waals surface area contributed by atoms with Crippen molar-refractivity contribution < 1.29 is 19.1 Å². The molecule has 1 aromatic carbocycles. The van der Waals surface area contributed by atoms with Crippen LogP contribution >= 0.6 is 11.6 Å². The largest absolute Gasteiger partial charge is 0.460 e. The number of hydrogen-bond donors (Lipinski definition) is 0. The van der Waals surface area contributed by atoms with Gasteiger partial charge in [0.05, 0.1) is 11.4 Å². The Morgan fingerprint density at radius 2 is 2.04 bits per heavy atom. The number of amides is 1. The summed E-state index contributed by atoms with van der Waals surface area (Å²) in [6.45, 7) is 6.40. The van der Waals surface area contributed by atoms with Crippen molar-refractivity contribution >= 4 is 34.6 Å². The van der Waals surface area contributed by atoms with Crippen LogP contribution in [0.1, 0.15) is 39.2 Å². The number of likely N-dealkylation sites (tertiary alicyclic amines) is 1. The van der Waals surface area contributed by atoms with E-state index < -0.39 is 11.7 Å². The van der Waals surface area contributed by atoms with Crippen LogP contribution in [0.3, 0.4) is 0 Å². The summed E-state index contributed by atoms with van der Waals surface area (Å²) in [7, 11) is 0. The molecule has 2 aromatic rings. The normalized spacial score (nSPS) is 17.4. The average molecular weight is 405 g/mol. The summed E-state index contributed by atoms with van der Waals surface area (Å²) in [5, 5.41) is 1.26. The van der Waals surface area contributed by atoms with Crippen LogP contribution in [0.25, 0.3) is 10.9 Å². The van der Waals surface area contributed by atoms with E-state index in [9.17, 15) is 9.59 Å². The first-order valence-electron chi connectivity index (χ1n) is 9.41. The molecule has 1 amide bonds. The molecule has 3 rings (SSSR count). The minimum atomic E-state index is -0.565. The fraction of sp³-hybridized carbons (Fsp3) is 0.476. The van der Waals surface area contributed by atoms with Gasteiger partial charge in [0, 0.05) is 24.0 Å². The Balaban J connectivity index is 1.60. The summed E-state index contributed by atoms with van der Waals surface area (Å²) in [4.78, 5) is 30.7. The Bertz CT molecular complexity index is 878. The summed E-state index contributed by atoms with van der Waals surface area (Å²) >= 11 is 6.23. The number of carbonyl (C=O) groups excluding carboxylic acids is 2. The summed E-state index contributed by atoms with van der Waals surface area (Å²) in [5.41, 5.74) is 0.890. The molecule has 7 heteroatoms. The SMILES string of the molecule is CC(C)(C)OC(=O)N1CCCC(C(=O)OCc2cc3ccccc3nc2Cl)C1. The lowest BCUT2D eigenvalue weighted by Crippen LogP contribution is -2.45. The lowest BCUT2D eigenvalue weighted by Gasteiger charge is -2.33. The van der Waals surface area contributed by atoms with Crippen LogP contribution in [-0.4, -0.2) is 40.6 Å². The predicted octanol–water partition coefficient (Wildman–Crippen LogP) is 4.58. The monoisotopic (exact) mass is 404 g/mol. The van der Waals surface area contributed by atoms with Crippen LogP contribution < -0.4 is 0 Å². The standard InChI is InChI=1S/C21H25ClN2O4/c1-21(2,3)28-20(26)24-10-6-8-15(12-24)19(25)27-13-16-11-14-7-4-5-9-17(14)23-18(16)22/h4-5,7,9,11,15H,6,8,10,12-13H2,1-3H3. The maximum absolute atomic E-state index is 12.5. The fourth-order valence-corrected chi connectivity index (χ4v) is 3.37. The number of ether oxygens (including phenoxy) is 2. The van der Waals surface area contributed by atoms with Crippen molar-refractivity contribution in [1.29, 1.82) is 0 Å². The zero-order valence-corrected chi connectivity index (χ0v) is 17.2. The van der Waals surface area contributed by atoms with Gasteiger partial charge in [-0.3, -0.25) is 4.79 Å². The molecule has 1 aromatic heterocycles. The Morgan fingerprint density at radius 3 is 2.79 bits per heavy atom. The quantitative estimate of drug-likeness (QED) is 0.553. The third kappa shape index (κ3) is 5.13. The summed E-state index contributed by atoms with van der Waals surface area (Å²) in [6, 6.07) is 9.51. The first-order chi connectivity index (χ1) is 13.2. The molecule has 1 fully saturated rings. The molecule has 150 valence electrons. The van der Waals surface area contributed by atoms with Gasteiger partial charge in [-0.2, -0.15) is 0 Å². The van der Waals surface area contributed by atoms with Gasteiger partial charge in [-0.1, -0.05) is 29.8 Å². The van der Waals surface area contributed by atoms with E-state index in [0.717, 1.165) is 17.3 Å². The number of fused-ring (bicyclic) bond motifs is 1. The number of benzene rings is 1. The number of nitrogens with zero attached hydrogens (tertiary/aromatic N) is 2. The Morgan fingerprint density at radius 1 is 1.29 bits per heavy atom. The molecular formula is C21H25ClN2O4. The third-order valence-corrected chi connectivity index (χ3v) is 4.85. The molecule has 2 heterocycles. The highest BCUT2D eigenvalue weighted by atomic mass is 35.5. The van der Waals surface area contributed by atoms with Gasteiger partial charge < -0.3 is 14.4 Å². The van der Waals surface area contributed by atoms with E-state index in [1.54, 1.807) is 4.90 Å². The van der Waals surface area contributed by atoms with E-state index in [1.807, 2.05) is 51.1 Å². The molecule has 0 bridgehead atoms. The fourth-order valence-electron chi connectivity index (χ4n) is 3.17. The number of hydrogen-bond acceptors (Lipinski definition) is 5. The minimum Gasteiger partial charge on any atom is -0.460 e. The average Bonchev–Trinajstić information content (AvgIpc) is 2.65. The smallest absolute Gasteiger partial charge is 0.410 e. The van der Waals surface area contributed by atoms with E-state index in [1.165, 1.54) is 0 Å². The second kappa shape index (κ2) is 8.35. The van der Waals surface area contributed by atoms with Crippen molar-refractivity contribution in [3.63, 3.8) is 0 Å². The second-order valence-electron chi connectivity index (χ2n) is 8.00. The molecule has 0 spiro atoms. The molecule has 1 unspecified atom stereocenters. The van der Waals surface area contributed by atoms with Crippen LogP contribution in [0, 0.1) is 5.92 Å². The summed E-state index contributed by atoms with van der Waals surface area (Å²) < 4.78 is 10.9. The third-order valence-electron chi connectivity index (χ3n) is 4.53. The van der Waals surface area contributed by atoms with Gasteiger partial charge in [0.2, 0.25) is 0 Å². The molecule has 1 atom stereocenters. The highest BCUT2D eigenvalue weighted by Gasteiger charge is 2.32. The first-order valence-corrected chi connectivity index (χ1v) is 9.79. The number of esters is 1. The summed E-state index contributed by atoms with van der Waals surface area (Å²) in [6.07, 6.45) is 1.02. The maximum Gasteiger partial charge on any atom is 0.410 e. The lowest BCUT2D eigenvalue weighted by molar-refractivity contribution is -0.151. The van der Waals surface area contributed by atoms with Crippen LogP contribution in [0.5, 0.6) is 0 Å². The molecule has 1 aliphatic rings. The number of piperidine rings is 1. The van der Waals surface area contributed by atoms with Crippen molar-refractivity contribution in [1.82, 2.24) is 9.88 Å². The van der Waals surface area contributed by atoms with Crippen molar-refractivity contribution in [3.8, 4) is 0 Å². The Kier molecular flexibility index (Phi) is 6.08. The van der Waals surface area contributed by atoms with E-state index in [4.69, 9.17) is 21.1 Å². The van der Waals surface area contributed by atoms with Gasteiger partial charge in [0.25, 0.3) is 0 Å². The molecule has 0 N–H and O–H groups in total. The predicted molar refractivity (Wildman–Crippen MR) is 107 cm³/mol. The zero-order chi connectivity index (χ0) is 20.3. The maximum atomic E-state index is 12.5. The van der Waals surface area contributed by atoms with Crippen LogP contribution in [0.2, 0.25) is 5.15 Å². The molecular weight excluding hydrogens is 380 g/mol. The van der Waals surface area contributed by atoms with Crippen LogP contribution in [0.4, 0.5) is 4.79 Å². The topological polar surface area (TPSA) is 68.7 Å². The molecule has 1 saturated heterocycles. The second-order valence-corrected chi connectivity index (χ2v) is 8.36. The highest BCUT2D eigenvalue weighted by molar-refractivity contribution is 6.30. The molecule has 0 aliphatic carbocycles. The van der Waals surface area contributed by atoms with E-state index in [0.29, 0.717) is 30.2 Å². The van der Waals surface area contributed by atoms with Crippen molar-refractivity contribution in [2.75, 3.05) is 13.1 Å². The number of aromatic nitrogens is 1. The van der Waals surface area contributed by atoms with Gasteiger partial charge >= 0.3 is 12.1 Å². The number of rotatable bonds is 3. The highest BCUT2D eigenvalue weighted by Crippen LogP contribution is 2.24. The Labute approximate surface area is 169 Å². The molecule has 1 aliphatic heterocycles. The van der Waals surface area contributed by atoms with Gasteiger partial charge in [-0.05, 0) is 45.7 Å². The number of pyridine rings is 1. The van der Waals surface area contributed by atoms with Gasteiger partial charge in [-0.25, -0.2) is 9.78 Å². The van der Waals surface area contributed by atoms with E-state index in [-0.39, 0.29) is 18.5 Å². The Hall–Kier alpha value is -2.34. The number of para-hydroxylation sites is 1. The van der Waals surface area contributed by atoms with Gasteiger partial charge in [0.15, 0.2) is 0 Å². The van der Waals surface area contributed by atoms with Crippen molar-refractivity contribution in [2.24, 2.45) is 5.92 Å². The minimum absolute atomic E-state index is 0.0540. The van der Waals surface area contributed by atoms with Crippen LogP contribution in [0.15, 0.2) is 30.3 Å².